The predicted molar refractivity (Wildman–Crippen MR) is 76.8 cm³/mol. The maximum Gasteiger partial charge on any atom is 0.128 e. The zero-order chi connectivity index (χ0) is 13.1. The number of nitrogen functional groups attached to an aromatic ring is 1. The van der Waals surface area contributed by atoms with Crippen molar-refractivity contribution in [3.05, 3.63) is 57.8 Å². The van der Waals surface area contributed by atoms with Crippen molar-refractivity contribution in [1.82, 2.24) is 0 Å². The van der Waals surface area contributed by atoms with Crippen LogP contribution in [0.3, 0.4) is 0 Å². The normalized spacial score (nSPS) is 10.6. The van der Waals surface area contributed by atoms with Crippen LogP contribution in [0.2, 0.25) is 10.0 Å². The van der Waals surface area contributed by atoms with E-state index in [9.17, 15) is 4.39 Å². The Bertz CT molecular complexity index is 555. The largest absolute Gasteiger partial charge is 0.398 e. The second kappa shape index (κ2) is 5.83. The van der Waals surface area contributed by atoms with Gasteiger partial charge in [0.25, 0.3) is 0 Å². The molecule has 2 aromatic rings. The van der Waals surface area contributed by atoms with Crippen LogP contribution in [0.25, 0.3) is 0 Å². The van der Waals surface area contributed by atoms with Crippen LogP contribution in [-0.4, -0.2) is 0 Å². The van der Waals surface area contributed by atoms with E-state index in [1.54, 1.807) is 30.3 Å². The van der Waals surface area contributed by atoms with Gasteiger partial charge in [-0.3, -0.25) is 0 Å². The Hall–Kier alpha value is -0.900. The number of nitrogens with two attached hydrogens (primary N) is 1. The van der Waals surface area contributed by atoms with Gasteiger partial charge >= 0.3 is 0 Å². The van der Waals surface area contributed by atoms with Gasteiger partial charge in [-0.2, -0.15) is 0 Å². The molecule has 0 unspecified atom stereocenters. The standard InChI is InChI=1S/C13H10Cl2FNS/c14-8-4-5-12(17)13(6-8)18-7-9-10(15)2-1-3-11(9)16/h1-6H,7,17H2. The summed E-state index contributed by atoms with van der Waals surface area (Å²) in [5, 5.41) is 1.02. The third kappa shape index (κ3) is 3.10. The lowest BCUT2D eigenvalue weighted by atomic mass is 10.2. The first kappa shape index (κ1) is 13.5. The summed E-state index contributed by atoms with van der Waals surface area (Å²) in [7, 11) is 0. The SMILES string of the molecule is Nc1ccc(Cl)cc1SCc1c(F)cccc1Cl. The molecule has 18 heavy (non-hydrogen) atoms. The third-order valence-corrected chi connectivity index (χ3v) is 4.10. The first-order valence-corrected chi connectivity index (χ1v) is 6.93. The number of benzene rings is 2. The smallest absolute Gasteiger partial charge is 0.128 e. The topological polar surface area (TPSA) is 26.0 Å². The summed E-state index contributed by atoms with van der Waals surface area (Å²) in [5.74, 6) is 0.103. The molecule has 0 aliphatic rings. The minimum Gasteiger partial charge on any atom is -0.398 e. The maximum atomic E-state index is 13.6. The number of halogens is 3. The van der Waals surface area contributed by atoms with E-state index in [0.717, 1.165) is 4.90 Å². The fourth-order valence-corrected chi connectivity index (χ4v) is 3.04. The van der Waals surface area contributed by atoms with E-state index in [4.69, 9.17) is 28.9 Å². The van der Waals surface area contributed by atoms with Crippen LogP contribution in [0.15, 0.2) is 41.3 Å². The molecule has 0 bridgehead atoms. The number of anilines is 1. The molecule has 1 nitrogen and oxygen atoms in total. The van der Waals surface area contributed by atoms with Gasteiger partial charge in [-0.1, -0.05) is 29.3 Å². The molecule has 0 amide bonds. The van der Waals surface area contributed by atoms with E-state index < -0.39 is 0 Å². The lowest BCUT2D eigenvalue weighted by molar-refractivity contribution is 0.617. The Morgan fingerprint density at radius 1 is 1.17 bits per heavy atom. The van der Waals surface area contributed by atoms with Crippen LogP contribution in [0, 0.1) is 5.82 Å². The Balaban J connectivity index is 2.19. The molecular formula is C13H10Cl2FNS. The van der Waals surface area contributed by atoms with Crippen molar-refractivity contribution in [1.29, 1.82) is 0 Å². The van der Waals surface area contributed by atoms with Gasteiger partial charge in [-0.15, -0.1) is 11.8 Å². The molecule has 5 heteroatoms. The molecule has 0 saturated heterocycles. The fraction of sp³-hybridized carbons (Fsp3) is 0.0769. The van der Waals surface area contributed by atoms with Gasteiger partial charge in [-0.05, 0) is 30.3 Å². The number of hydrogen-bond donors (Lipinski definition) is 1. The van der Waals surface area contributed by atoms with Crippen molar-refractivity contribution in [3.8, 4) is 0 Å². The molecule has 2 aromatic carbocycles. The molecule has 2 rings (SSSR count). The first-order valence-electron chi connectivity index (χ1n) is 5.18. The summed E-state index contributed by atoms with van der Waals surface area (Å²) in [4.78, 5) is 0.821. The molecule has 0 fully saturated rings. The fourth-order valence-electron chi connectivity index (χ4n) is 1.45. The minimum atomic E-state index is -0.310. The molecule has 0 spiro atoms. The monoisotopic (exact) mass is 301 g/mol. The quantitative estimate of drug-likeness (QED) is 0.637. The highest BCUT2D eigenvalue weighted by atomic mass is 35.5. The van der Waals surface area contributed by atoms with Crippen LogP contribution in [0.5, 0.6) is 0 Å². The van der Waals surface area contributed by atoms with Crippen molar-refractivity contribution < 1.29 is 4.39 Å². The first-order chi connectivity index (χ1) is 8.58. The Labute approximate surface area is 119 Å². The summed E-state index contributed by atoms with van der Waals surface area (Å²) in [5.41, 5.74) is 6.92. The van der Waals surface area contributed by atoms with Crippen molar-refractivity contribution in [2.45, 2.75) is 10.6 Å². The van der Waals surface area contributed by atoms with Gasteiger partial charge in [0.1, 0.15) is 5.82 Å². The molecule has 0 radical (unpaired) electrons. The van der Waals surface area contributed by atoms with Crippen LogP contribution >= 0.6 is 35.0 Å². The van der Waals surface area contributed by atoms with Gasteiger partial charge in [0.2, 0.25) is 0 Å². The van der Waals surface area contributed by atoms with E-state index in [2.05, 4.69) is 0 Å². The second-order valence-corrected chi connectivity index (χ2v) is 5.53. The molecule has 0 saturated carbocycles. The molecule has 0 aromatic heterocycles. The predicted octanol–water partition coefficient (Wildman–Crippen LogP) is 5.01. The minimum absolute atomic E-state index is 0.310. The lowest BCUT2D eigenvalue weighted by Crippen LogP contribution is -1.91. The maximum absolute atomic E-state index is 13.6. The average Bonchev–Trinajstić information content (AvgIpc) is 2.33. The van der Waals surface area contributed by atoms with Crippen LogP contribution in [0.4, 0.5) is 10.1 Å². The molecule has 0 aliphatic heterocycles. The zero-order valence-electron chi connectivity index (χ0n) is 9.29. The highest BCUT2D eigenvalue weighted by molar-refractivity contribution is 7.98. The average molecular weight is 302 g/mol. The van der Waals surface area contributed by atoms with E-state index in [1.807, 2.05) is 0 Å². The van der Waals surface area contributed by atoms with Crippen LogP contribution in [-0.2, 0) is 5.75 Å². The summed E-state index contributed by atoms with van der Waals surface area (Å²) < 4.78 is 13.6. The Morgan fingerprint density at radius 3 is 2.67 bits per heavy atom. The van der Waals surface area contributed by atoms with Gasteiger partial charge in [0, 0.05) is 31.9 Å². The second-order valence-electron chi connectivity index (χ2n) is 3.67. The highest BCUT2D eigenvalue weighted by Crippen LogP contribution is 2.33. The molecule has 0 aliphatic carbocycles. The number of hydrogen-bond acceptors (Lipinski definition) is 2. The van der Waals surface area contributed by atoms with E-state index in [-0.39, 0.29) is 5.82 Å². The third-order valence-electron chi connectivity index (χ3n) is 2.41. The lowest BCUT2D eigenvalue weighted by Gasteiger charge is -2.08. The van der Waals surface area contributed by atoms with E-state index in [1.165, 1.54) is 17.8 Å². The van der Waals surface area contributed by atoms with Gasteiger partial charge in [-0.25, -0.2) is 4.39 Å². The number of rotatable bonds is 3. The van der Waals surface area contributed by atoms with Crippen LogP contribution in [0.1, 0.15) is 5.56 Å². The Kier molecular flexibility index (Phi) is 4.38. The Morgan fingerprint density at radius 2 is 1.94 bits per heavy atom. The van der Waals surface area contributed by atoms with Crippen molar-refractivity contribution in [3.63, 3.8) is 0 Å². The van der Waals surface area contributed by atoms with E-state index >= 15 is 0 Å². The van der Waals surface area contributed by atoms with Gasteiger partial charge < -0.3 is 5.73 Å². The summed E-state index contributed by atoms with van der Waals surface area (Å²) >= 11 is 13.3. The molecular weight excluding hydrogens is 292 g/mol. The van der Waals surface area contributed by atoms with Gasteiger partial charge in [0.15, 0.2) is 0 Å². The molecule has 0 atom stereocenters. The van der Waals surface area contributed by atoms with E-state index in [0.29, 0.717) is 27.0 Å². The molecule has 94 valence electrons. The number of thioether (sulfide) groups is 1. The van der Waals surface area contributed by atoms with Crippen molar-refractivity contribution >= 4 is 40.7 Å². The zero-order valence-corrected chi connectivity index (χ0v) is 11.6. The molecule has 0 heterocycles. The summed E-state index contributed by atoms with van der Waals surface area (Å²) in [6, 6.07) is 9.85. The van der Waals surface area contributed by atoms with Gasteiger partial charge in [0.05, 0.1) is 0 Å². The van der Waals surface area contributed by atoms with Crippen LogP contribution < -0.4 is 5.73 Å². The molecule has 2 N–H and O–H groups in total. The highest BCUT2D eigenvalue weighted by Gasteiger charge is 2.09. The summed E-state index contributed by atoms with van der Waals surface area (Å²) in [6.07, 6.45) is 0. The van der Waals surface area contributed by atoms with Crippen molar-refractivity contribution in [2.75, 3.05) is 5.73 Å². The summed E-state index contributed by atoms with van der Waals surface area (Å²) in [6.45, 7) is 0. The van der Waals surface area contributed by atoms with Crippen molar-refractivity contribution in [2.24, 2.45) is 0 Å².